The Kier molecular flexibility index (Phi) is 3.39. The number of aromatic nitrogens is 4. The first kappa shape index (κ1) is 11.6. The number of rotatable bonds is 3. The Morgan fingerprint density at radius 3 is 2.12 bits per heavy atom. The van der Waals surface area contributed by atoms with E-state index in [0.29, 0.717) is 18.2 Å². The van der Waals surface area contributed by atoms with Crippen molar-refractivity contribution in [1.29, 1.82) is 0 Å². The maximum absolute atomic E-state index is 5.57. The van der Waals surface area contributed by atoms with Gasteiger partial charge in [0.1, 0.15) is 0 Å². The van der Waals surface area contributed by atoms with Crippen LogP contribution in [0.1, 0.15) is 17.0 Å². The normalized spacial score (nSPS) is 10.5. The molecule has 0 saturated carbocycles. The lowest BCUT2D eigenvalue weighted by Gasteiger charge is -2.08. The minimum Gasteiger partial charge on any atom is -0.330 e. The van der Waals surface area contributed by atoms with Gasteiger partial charge in [0.2, 0.25) is 0 Å². The van der Waals surface area contributed by atoms with Crippen molar-refractivity contribution in [2.45, 2.75) is 20.3 Å². The molecule has 0 aliphatic rings. The maximum Gasteiger partial charge on any atom is 0.198 e. The molecule has 0 atom stereocenters. The summed E-state index contributed by atoms with van der Waals surface area (Å²) in [5.41, 5.74) is 8.58. The number of aryl methyl sites for hydroxylation is 2. The van der Waals surface area contributed by atoms with Crippen molar-refractivity contribution in [3.63, 3.8) is 0 Å². The second-order valence-corrected chi connectivity index (χ2v) is 3.81. The molecule has 0 bridgehead atoms. The van der Waals surface area contributed by atoms with Crippen molar-refractivity contribution >= 4 is 0 Å². The fraction of sp³-hybridized carbons (Fsp3) is 0.333. The summed E-state index contributed by atoms with van der Waals surface area (Å²) in [6.45, 7) is 4.53. The fourth-order valence-corrected chi connectivity index (χ4v) is 1.76. The smallest absolute Gasteiger partial charge is 0.198 e. The lowest BCUT2D eigenvalue weighted by atomic mass is 10.1. The highest BCUT2D eigenvalue weighted by molar-refractivity contribution is 5.44. The molecule has 0 saturated heterocycles. The molecule has 0 amide bonds. The van der Waals surface area contributed by atoms with Gasteiger partial charge in [0.05, 0.1) is 0 Å². The zero-order valence-electron chi connectivity index (χ0n) is 10.0. The van der Waals surface area contributed by atoms with Crippen LogP contribution in [0.4, 0.5) is 0 Å². The average molecular weight is 229 g/mol. The molecule has 5 heteroatoms. The molecule has 0 aliphatic carbocycles. The molecule has 2 rings (SSSR count). The van der Waals surface area contributed by atoms with Crippen molar-refractivity contribution in [3.8, 4) is 11.6 Å². The van der Waals surface area contributed by atoms with Crippen molar-refractivity contribution in [2.75, 3.05) is 6.54 Å². The molecule has 17 heavy (non-hydrogen) atoms. The van der Waals surface area contributed by atoms with Crippen LogP contribution in [0.25, 0.3) is 11.6 Å². The summed E-state index contributed by atoms with van der Waals surface area (Å²) >= 11 is 0. The summed E-state index contributed by atoms with van der Waals surface area (Å²) in [7, 11) is 0. The SMILES string of the molecule is Cc1nc(-c2ncccn2)nc(C)c1CCN. The van der Waals surface area contributed by atoms with Crippen LogP contribution in [-0.2, 0) is 6.42 Å². The van der Waals surface area contributed by atoms with E-state index >= 15 is 0 Å². The van der Waals surface area contributed by atoms with Crippen LogP contribution in [0.5, 0.6) is 0 Å². The van der Waals surface area contributed by atoms with Crippen LogP contribution in [-0.4, -0.2) is 26.5 Å². The van der Waals surface area contributed by atoms with Crippen molar-refractivity contribution in [2.24, 2.45) is 5.73 Å². The van der Waals surface area contributed by atoms with E-state index in [2.05, 4.69) is 19.9 Å². The lowest BCUT2D eigenvalue weighted by molar-refractivity contribution is 0.893. The van der Waals surface area contributed by atoms with E-state index in [4.69, 9.17) is 5.73 Å². The second kappa shape index (κ2) is 4.97. The summed E-state index contributed by atoms with van der Waals surface area (Å²) in [5.74, 6) is 1.12. The summed E-state index contributed by atoms with van der Waals surface area (Å²) in [4.78, 5) is 17.2. The first-order valence-corrected chi connectivity index (χ1v) is 5.54. The van der Waals surface area contributed by atoms with Gasteiger partial charge >= 0.3 is 0 Å². The third-order valence-corrected chi connectivity index (χ3v) is 2.58. The number of hydrogen-bond donors (Lipinski definition) is 1. The van der Waals surface area contributed by atoms with E-state index in [1.54, 1.807) is 18.5 Å². The standard InChI is InChI=1S/C12H15N5/c1-8-10(4-5-13)9(2)17-12(16-8)11-14-6-3-7-15-11/h3,6-7H,4-5,13H2,1-2H3. The van der Waals surface area contributed by atoms with Gasteiger partial charge in [-0.3, -0.25) is 0 Å². The van der Waals surface area contributed by atoms with E-state index in [1.807, 2.05) is 13.8 Å². The monoisotopic (exact) mass is 229 g/mol. The highest BCUT2D eigenvalue weighted by Gasteiger charge is 2.10. The molecule has 0 unspecified atom stereocenters. The van der Waals surface area contributed by atoms with Gasteiger partial charge in [0, 0.05) is 23.8 Å². The van der Waals surface area contributed by atoms with E-state index in [0.717, 1.165) is 23.4 Å². The highest BCUT2D eigenvalue weighted by atomic mass is 15.0. The largest absolute Gasteiger partial charge is 0.330 e. The third kappa shape index (κ3) is 2.45. The molecule has 5 nitrogen and oxygen atoms in total. The van der Waals surface area contributed by atoms with E-state index in [9.17, 15) is 0 Å². The molecule has 2 aromatic heterocycles. The quantitative estimate of drug-likeness (QED) is 0.851. The third-order valence-electron chi connectivity index (χ3n) is 2.58. The van der Waals surface area contributed by atoms with Gasteiger partial charge in [-0.1, -0.05) is 0 Å². The molecule has 0 fully saturated rings. The first-order chi connectivity index (χ1) is 8.22. The molecule has 0 radical (unpaired) electrons. The zero-order valence-corrected chi connectivity index (χ0v) is 10.0. The van der Waals surface area contributed by atoms with Gasteiger partial charge in [-0.15, -0.1) is 0 Å². The van der Waals surface area contributed by atoms with Crippen molar-refractivity contribution in [3.05, 3.63) is 35.4 Å². The summed E-state index contributed by atoms with van der Waals surface area (Å²) in [6, 6.07) is 1.77. The van der Waals surface area contributed by atoms with Crippen LogP contribution in [0.2, 0.25) is 0 Å². The first-order valence-electron chi connectivity index (χ1n) is 5.54. The Labute approximate surface area is 100 Å². The fourth-order valence-electron chi connectivity index (χ4n) is 1.76. The van der Waals surface area contributed by atoms with E-state index in [1.165, 1.54) is 0 Å². The topological polar surface area (TPSA) is 77.6 Å². The predicted octanol–water partition coefficient (Wildman–Crippen LogP) is 1.05. The van der Waals surface area contributed by atoms with Crippen LogP contribution in [0.3, 0.4) is 0 Å². The van der Waals surface area contributed by atoms with Gasteiger partial charge in [0.25, 0.3) is 0 Å². The Hall–Kier alpha value is -1.88. The Morgan fingerprint density at radius 1 is 1.00 bits per heavy atom. The van der Waals surface area contributed by atoms with Gasteiger partial charge in [-0.25, -0.2) is 19.9 Å². The number of nitrogens with zero attached hydrogens (tertiary/aromatic N) is 4. The molecule has 2 N–H and O–H groups in total. The van der Waals surface area contributed by atoms with Crippen LogP contribution in [0, 0.1) is 13.8 Å². The van der Waals surface area contributed by atoms with Crippen LogP contribution >= 0.6 is 0 Å². The zero-order chi connectivity index (χ0) is 12.3. The molecular formula is C12H15N5. The molecule has 2 heterocycles. The highest BCUT2D eigenvalue weighted by Crippen LogP contribution is 2.15. The van der Waals surface area contributed by atoms with Crippen molar-refractivity contribution in [1.82, 2.24) is 19.9 Å². The van der Waals surface area contributed by atoms with Crippen LogP contribution in [0.15, 0.2) is 18.5 Å². The average Bonchev–Trinajstić information content (AvgIpc) is 2.35. The molecule has 0 aromatic carbocycles. The Morgan fingerprint density at radius 2 is 1.59 bits per heavy atom. The van der Waals surface area contributed by atoms with Gasteiger partial charge in [-0.2, -0.15) is 0 Å². The van der Waals surface area contributed by atoms with Gasteiger partial charge in [0.15, 0.2) is 11.6 Å². The molecule has 2 aromatic rings. The molecule has 88 valence electrons. The van der Waals surface area contributed by atoms with Crippen LogP contribution < -0.4 is 5.73 Å². The summed E-state index contributed by atoms with van der Waals surface area (Å²) < 4.78 is 0. The summed E-state index contributed by atoms with van der Waals surface area (Å²) in [6.07, 6.45) is 4.17. The Bertz CT molecular complexity index is 487. The van der Waals surface area contributed by atoms with Gasteiger partial charge in [-0.05, 0) is 38.4 Å². The minimum absolute atomic E-state index is 0.554. The summed E-state index contributed by atoms with van der Waals surface area (Å²) in [5, 5.41) is 0. The molecular weight excluding hydrogens is 214 g/mol. The second-order valence-electron chi connectivity index (χ2n) is 3.81. The number of nitrogens with two attached hydrogens (primary N) is 1. The number of hydrogen-bond acceptors (Lipinski definition) is 5. The molecule has 0 aliphatic heterocycles. The minimum atomic E-state index is 0.554. The van der Waals surface area contributed by atoms with E-state index in [-0.39, 0.29) is 0 Å². The maximum atomic E-state index is 5.57. The Balaban J connectivity index is 2.46. The predicted molar refractivity (Wildman–Crippen MR) is 65.3 cm³/mol. The molecule has 0 spiro atoms. The van der Waals surface area contributed by atoms with E-state index < -0.39 is 0 Å². The van der Waals surface area contributed by atoms with Gasteiger partial charge < -0.3 is 5.73 Å². The van der Waals surface area contributed by atoms with Crippen molar-refractivity contribution < 1.29 is 0 Å². The lowest BCUT2D eigenvalue weighted by Crippen LogP contribution is -2.09.